The fourth-order valence-electron chi connectivity index (χ4n) is 1.00. The minimum absolute atomic E-state index is 0.0922. The molecule has 0 saturated carbocycles. The summed E-state index contributed by atoms with van der Waals surface area (Å²) in [6.07, 6.45) is 2.36. The molecule has 0 radical (unpaired) electrons. The number of hydrogen-bond donors (Lipinski definition) is 2. The first kappa shape index (κ1) is 14.1. The minimum Gasteiger partial charge on any atom is -0.367 e. The van der Waals surface area contributed by atoms with Crippen molar-refractivity contribution in [2.24, 2.45) is 0 Å². The van der Waals surface area contributed by atoms with Gasteiger partial charge >= 0.3 is 0 Å². The van der Waals surface area contributed by atoms with Crippen LogP contribution in [0.4, 0.5) is 0 Å². The third-order valence-electron chi connectivity index (χ3n) is 1.86. The molecule has 1 unspecified atom stereocenters. The highest BCUT2D eigenvalue weighted by Gasteiger charge is 2.11. The molecular weight excluding hydrogens is 192 g/mol. The van der Waals surface area contributed by atoms with Crippen molar-refractivity contribution >= 4 is 5.91 Å². The molecule has 4 heteroatoms. The Labute approximate surface area is 92.1 Å². The van der Waals surface area contributed by atoms with Gasteiger partial charge in [-0.3, -0.25) is 4.79 Å². The summed E-state index contributed by atoms with van der Waals surface area (Å²) in [4.78, 5) is 11.3. The predicted molar refractivity (Wildman–Crippen MR) is 61.8 cm³/mol. The average molecular weight is 214 g/mol. The molecule has 0 aromatic heterocycles. The summed E-state index contributed by atoms with van der Waals surface area (Å²) < 4.78 is 5.34. The van der Waals surface area contributed by atoms with Crippen molar-refractivity contribution in [2.45, 2.75) is 26.4 Å². The average Bonchev–Trinajstić information content (AvgIpc) is 2.25. The van der Waals surface area contributed by atoms with Crippen LogP contribution in [-0.4, -0.2) is 38.3 Å². The fraction of sp³-hybridized carbons (Fsp3) is 0.727. The van der Waals surface area contributed by atoms with Gasteiger partial charge in [-0.05, 0) is 19.9 Å². The standard InChI is InChI=1S/C11H22N2O2/c1-4-6-12-8-9-15-10(3)11(14)13-7-5-2/h5,10,12H,2,4,6-9H2,1,3H3,(H,13,14). The van der Waals surface area contributed by atoms with Gasteiger partial charge in [-0.1, -0.05) is 13.0 Å². The van der Waals surface area contributed by atoms with Crippen LogP contribution in [0.25, 0.3) is 0 Å². The molecule has 0 heterocycles. The van der Waals surface area contributed by atoms with E-state index < -0.39 is 6.10 Å². The highest BCUT2D eigenvalue weighted by molar-refractivity contribution is 5.80. The van der Waals surface area contributed by atoms with Crippen molar-refractivity contribution in [2.75, 3.05) is 26.2 Å². The van der Waals surface area contributed by atoms with Crippen LogP contribution >= 0.6 is 0 Å². The largest absolute Gasteiger partial charge is 0.367 e. The first-order valence-corrected chi connectivity index (χ1v) is 5.43. The summed E-state index contributed by atoms with van der Waals surface area (Å²) >= 11 is 0. The topological polar surface area (TPSA) is 50.4 Å². The highest BCUT2D eigenvalue weighted by Crippen LogP contribution is 1.89. The molecule has 0 aromatic rings. The predicted octanol–water partition coefficient (Wildman–Crippen LogP) is 0.693. The third kappa shape index (κ3) is 8.15. The fourth-order valence-corrected chi connectivity index (χ4v) is 1.00. The number of nitrogens with one attached hydrogen (secondary N) is 2. The maximum Gasteiger partial charge on any atom is 0.249 e. The van der Waals surface area contributed by atoms with Crippen LogP contribution in [0, 0.1) is 0 Å². The number of ether oxygens (including phenoxy) is 1. The van der Waals surface area contributed by atoms with Crippen LogP contribution < -0.4 is 10.6 Å². The molecule has 0 aromatic carbocycles. The van der Waals surface area contributed by atoms with Crippen LogP contribution in [0.3, 0.4) is 0 Å². The van der Waals surface area contributed by atoms with Gasteiger partial charge in [-0.25, -0.2) is 0 Å². The van der Waals surface area contributed by atoms with E-state index in [0.717, 1.165) is 19.5 Å². The van der Waals surface area contributed by atoms with Gasteiger partial charge in [0, 0.05) is 13.1 Å². The molecule has 15 heavy (non-hydrogen) atoms. The van der Waals surface area contributed by atoms with Crippen molar-refractivity contribution in [3.8, 4) is 0 Å². The lowest BCUT2D eigenvalue weighted by atomic mass is 10.3. The minimum atomic E-state index is -0.395. The van der Waals surface area contributed by atoms with Gasteiger partial charge in [0.15, 0.2) is 0 Å². The zero-order valence-corrected chi connectivity index (χ0v) is 9.71. The Morgan fingerprint density at radius 2 is 2.27 bits per heavy atom. The van der Waals surface area contributed by atoms with E-state index in [1.54, 1.807) is 13.0 Å². The van der Waals surface area contributed by atoms with Gasteiger partial charge in [0.2, 0.25) is 5.91 Å². The Kier molecular flexibility index (Phi) is 9.11. The second-order valence-corrected chi connectivity index (χ2v) is 3.30. The number of carbonyl (C=O) groups excluding carboxylic acids is 1. The molecule has 88 valence electrons. The summed E-state index contributed by atoms with van der Waals surface area (Å²) in [7, 11) is 0. The molecule has 0 fully saturated rings. The molecule has 4 nitrogen and oxygen atoms in total. The Balaban J connectivity index is 3.42. The smallest absolute Gasteiger partial charge is 0.249 e. The van der Waals surface area contributed by atoms with Crippen molar-refractivity contribution in [1.82, 2.24) is 10.6 Å². The zero-order valence-electron chi connectivity index (χ0n) is 9.71. The maximum atomic E-state index is 11.3. The van der Waals surface area contributed by atoms with Crippen molar-refractivity contribution in [3.63, 3.8) is 0 Å². The van der Waals surface area contributed by atoms with Crippen LogP contribution in [0.5, 0.6) is 0 Å². The maximum absolute atomic E-state index is 11.3. The van der Waals surface area contributed by atoms with Crippen LogP contribution in [0.2, 0.25) is 0 Å². The summed E-state index contributed by atoms with van der Waals surface area (Å²) in [5, 5.41) is 5.88. The van der Waals surface area contributed by atoms with Crippen LogP contribution in [0.1, 0.15) is 20.3 Å². The Bertz CT molecular complexity index is 183. The van der Waals surface area contributed by atoms with Gasteiger partial charge in [0.25, 0.3) is 0 Å². The molecule has 0 aliphatic rings. The Hall–Kier alpha value is -0.870. The van der Waals surface area contributed by atoms with E-state index in [1.807, 2.05) is 0 Å². The van der Waals surface area contributed by atoms with E-state index in [0.29, 0.717) is 13.2 Å². The van der Waals surface area contributed by atoms with Crippen LogP contribution in [-0.2, 0) is 9.53 Å². The molecule has 1 amide bonds. The summed E-state index contributed by atoms with van der Waals surface area (Å²) in [5.41, 5.74) is 0. The van der Waals surface area contributed by atoms with E-state index >= 15 is 0 Å². The first-order valence-electron chi connectivity index (χ1n) is 5.43. The summed E-state index contributed by atoms with van der Waals surface area (Å²) in [6.45, 7) is 10.2. The molecule has 0 rings (SSSR count). The monoisotopic (exact) mass is 214 g/mol. The van der Waals surface area contributed by atoms with E-state index in [1.165, 1.54) is 0 Å². The number of carbonyl (C=O) groups is 1. The molecule has 0 saturated heterocycles. The quantitative estimate of drug-likeness (QED) is 0.438. The van der Waals surface area contributed by atoms with E-state index in [-0.39, 0.29) is 5.91 Å². The van der Waals surface area contributed by atoms with Crippen molar-refractivity contribution in [3.05, 3.63) is 12.7 Å². The first-order chi connectivity index (χ1) is 7.22. The summed E-state index contributed by atoms with van der Waals surface area (Å²) in [6, 6.07) is 0. The van der Waals surface area contributed by atoms with Gasteiger partial charge in [0.05, 0.1) is 6.61 Å². The van der Waals surface area contributed by atoms with E-state index in [4.69, 9.17) is 4.74 Å². The van der Waals surface area contributed by atoms with Gasteiger partial charge in [-0.2, -0.15) is 0 Å². The molecule has 0 aliphatic carbocycles. The lowest BCUT2D eigenvalue weighted by Crippen LogP contribution is -2.35. The zero-order chi connectivity index (χ0) is 11.5. The normalized spacial score (nSPS) is 12.1. The molecule has 0 bridgehead atoms. The number of hydrogen-bond acceptors (Lipinski definition) is 3. The SMILES string of the molecule is C=CCNC(=O)C(C)OCCNCCC. The lowest BCUT2D eigenvalue weighted by molar-refractivity contribution is -0.131. The highest BCUT2D eigenvalue weighted by atomic mass is 16.5. The molecule has 2 N–H and O–H groups in total. The second-order valence-electron chi connectivity index (χ2n) is 3.30. The summed E-state index contributed by atoms with van der Waals surface area (Å²) in [5.74, 6) is -0.0922. The number of amides is 1. The van der Waals surface area contributed by atoms with Gasteiger partial charge in [0.1, 0.15) is 6.10 Å². The number of rotatable bonds is 9. The van der Waals surface area contributed by atoms with Crippen molar-refractivity contribution < 1.29 is 9.53 Å². The van der Waals surface area contributed by atoms with E-state index in [9.17, 15) is 4.79 Å². The third-order valence-corrected chi connectivity index (χ3v) is 1.86. The molecule has 1 atom stereocenters. The molecule has 0 aliphatic heterocycles. The molecule has 0 spiro atoms. The lowest BCUT2D eigenvalue weighted by Gasteiger charge is -2.12. The van der Waals surface area contributed by atoms with Crippen molar-refractivity contribution in [1.29, 1.82) is 0 Å². The van der Waals surface area contributed by atoms with Gasteiger partial charge < -0.3 is 15.4 Å². The second kappa shape index (κ2) is 9.68. The van der Waals surface area contributed by atoms with E-state index in [2.05, 4.69) is 24.1 Å². The Morgan fingerprint density at radius 1 is 1.53 bits per heavy atom. The van der Waals surface area contributed by atoms with Crippen LogP contribution in [0.15, 0.2) is 12.7 Å². The molecular formula is C11H22N2O2. The van der Waals surface area contributed by atoms with Gasteiger partial charge in [-0.15, -0.1) is 6.58 Å². The Morgan fingerprint density at radius 3 is 2.87 bits per heavy atom.